The molecule has 39 heavy (non-hydrogen) atoms. The lowest BCUT2D eigenvalue weighted by molar-refractivity contribution is -0.147. The number of carbonyl (C=O) groups is 4. The molecule has 0 saturated carbocycles. The SMILES string of the molecule is CCOC(=O)[C@H](Cc1ccc(O)cc1)NC(=O)CCc1ccc(OC(=O)CCCCCCCCC(=O)O)cc1. The molecule has 0 radical (unpaired) electrons. The Balaban J connectivity index is 1.71. The Kier molecular flexibility index (Phi) is 14.1. The van der Waals surface area contributed by atoms with Crippen LogP contribution in [-0.4, -0.2) is 46.7 Å². The Morgan fingerprint density at radius 3 is 2.00 bits per heavy atom. The number of phenolic OH excluding ortho intramolecular Hbond substituents is 1. The minimum atomic E-state index is -0.833. The molecular formula is C30H39NO8. The largest absolute Gasteiger partial charge is 0.508 e. The van der Waals surface area contributed by atoms with Gasteiger partial charge < -0.3 is 25.0 Å². The van der Waals surface area contributed by atoms with Crippen molar-refractivity contribution in [2.75, 3.05) is 6.61 Å². The van der Waals surface area contributed by atoms with E-state index in [0.717, 1.165) is 43.2 Å². The Bertz CT molecular complexity index is 1050. The first-order valence-electron chi connectivity index (χ1n) is 13.5. The summed E-state index contributed by atoms with van der Waals surface area (Å²) in [6.45, 7) is 1.90. The number of aliphatic carboxylic acids is 1. The summed E-state index contributed by atoms with van der Waals surface area (Å²) in [4.78, 5) is 47.5. The van der Waals surface area contributed by atoms with Gasteiger partial charge >= 0.3 is 17.9 Å². The zero-order valence-corrected chi connectivity index (χ0v) is 22.5. The molecule has 3 N–H and O–H groups in total. The highest BCUT2D eigenvalue weighted by Crippen LogP contribution is 2.16. The summed E-state index contributed by atoms with van der Waals surface area (Å²) < 4.78 is 10.5. The lowest BCUT2D eigenvalue weighted by atomic mass is 10.0. The van der Waals surface area contributed by atoms with Crippen molar-refractivity contribution < 1.29 is 38.9 Å². The topological polar surface area (TPSA) is 139 Å². The molecule has 0 aromatic heterocycles. The number of phenols is 1. The molecule has 0 fully saturated rings. The maximum absolute atomic E-state index is 12.6. The summed E-state index contributed by atoms with van der Waals surface area (Å²) in [6.07, 6.45) is 6.51. The van der Waals surface area contributed by atoms with Gasteiger partial charge in [0.2, 0.25) is 5.91 Å². The number of hydrogen-bond donors (Lipinski definition) is 3. The van der Waals surface area contributed by atoms with Crippen molar-refractivity contribution in [3.8, 4) is 11.5 Å². The number of rotatable bonds is 18. The molecule has 0 unspecified atom stereocenters. The van der Waals surface area contributed by atoms with Gasteiger partial charge in [-0.25, -0.2) is 4.79 Å². The lowest BCUT2D eigenvalue weighted by Crippen LogP contribution is -2.43. The van der Waals surface area contributed by atoms with Crippen LogP contribution in [-0.2, 0) is 36.8 Å². The molecule has 2 aromatic rings. The molecule has 0 spiro atoms. The van der Waals surface area contributed by atoms with E-state index in [1.54, 1.807) is 43.3 Å². The minimum absolute atomic E-state index is 0.120. The van der Waals surface area contributed by atoms with Crippen molar-refractivity contribution in [1.29, 1.82) is 0 Å². The minimum Gasteiger partial charge on any atom is -0.508 e. The van der Waals surface area contributed by atoms with Crippen LogP contribution in [0.2, 0.25) is 0 Å². The highest BCUT2D eigenvalue weighted by atomic mass is 16.5. The number of carboxylic acid groups (broad SMARTS) is 1. The number of carbonyl (C=O) groups excluding carboxylic acids is 3. The molecule has 2 aromatic carbocycles. The second-order valence-electron chi connectivity index (χ2n) is 9.38. The first-order valence-corrected chi connectivity index (χ1v) is 13.5. The van der Waals surface area contributed by atoms with Crippen LogP contribution in [0, 0.1) is 0 Å². The van der Waals surface area contributed by atoms with Crippen molar-refractivity contribution in [3.63, 3.8) is 0 Å². The van der Waals surface area contributed by atoms with Crippen molar-refractivity contribution >= 4 is 23.8 Å². The van der Waals surface area contributed by atoms with Crippen LogP contribution in [0.1, 0.15) is 75.8 Å². The highest BCUT2D eigenvalue weighted by Gasteiger charge is 2.22. The zero-order valence-electron chi connectivity index (χ0n) is 22.5. The van der Waals surface area contributed by atoms with E-state index in [2.05, 4.69) is 5.32 Å². The number of ether oxygens (including phenoxy) is 2. The second kappa shape index (κ2) is 17.6. The Hall–Kier alpha value is -3.88. The van der Waals surface area contributed by atoms with Crippen molar-refractivity contribution in [2.45, 2.75) is 83.6 Å². The third kappa shape index (κ3) is 13.5. The number of benzene rings is 2. The van der Waals surface area contributed by atoms with Crippen LogP contribution in [0.5, 0.6) is 11.5 Å². The van der Waals surface area contributed by atoms with Gasteiger partial charge in [-0.05, 0) is 61.6 Å². The summed E-state index contributed by atoms with van der Waals surface area (Å²) in [5, 5.41) is 20.8. The number of hydrogen-bond acceptors (Lipinski definition) is 7. The summed E-state index contributed by atoms with van der Waals surface area (Å²) in [5.41, 5.74) is 1.67. The molecule has 0 bridgehead atoms. The lowest BCUT2D eigenvalue weighted by Gasteiger charge is -2.17. The number of unbranched alkanes of at least 4 members (excludes halogenated alkanes) is 5. The summed E-state index contributed by atoms with van der Waals surface area (Å²) in [5.74, 6) is -1.30. The van der Waals surface area contributed by atoms with Gasteiger partial charge in [0.15, 0.2) is 0 Å². The molecular weight excluding hydrogens is 502 g/mol. The summed E-state index contributed by atoms with van der Waals surface area (Å²) >= 11 is 0. The number of carboxylic acids is 1. The molecule has 2 rings (SSSR count). The van der Waals surface area contributed by atoms with Gasteiger partial charge in [0.25, 0.3) is 0 Å². The van der Waals surface area contributed by atoms with E-state index in [-0.39, 0.29) is 43.5 Å². The molecule has 0 aliphatic carbocycles. The monoisotopic (exact) mass is 541 g/mol. The molecule has 1 atom stereocenters. The van der Waals surface area contributed by atoms with E-state index in [4.69, 9.17) is 14.6 Å². The van der Waals surface area contributed by atoms with E-state index in [1.807, 2.05) is 0 Å². The van der Waals surface area contributed by atoms with Crippen LogP contribution >= 0.6 is 0 Å². The average molecular weight is 542 g/mol. The van der Waals surface area contributed by atoms with Crippen LogP contribution in [0.15, 0.2) is 48.5 Å². The van der Waals surface area contributed by atoms with Gasteiger partial charge in [-0.2, -0.15) is 0 Å². The van der Waals surface area contributed by atoms with Crippen LogP contribution in [0.3, 0.4) is 0 Å². The molecule has 0 heterocycles. The molecule has 0 saturated heterocycles. The fourth-order valence-electron chi connectivity index (χ4n) is 3.99. The van der Waals surface area contributed by atoms with Gasteiger partial charge in [-0.15, -0.1) is 0 Å². The Morgan fingerprint density at radius 2 is 1.38 bits per heavy atom. The molecule has 9 heteroatoms. The quantitative estimate of drug-likeness (QED) is 0.140. The third-order valence-electron chi connectivity index (χ3n) is 6.10. The standard InChI is InChI=1S/C30H39NO8/c1-2-38-30(37)26(21-23-11-16-24(32)17-12-23)31-27(33)20-15-22-13-18-25(19-14-22)39-29(36)10-8-6-4-3-5-7-9-28(34)35/h11-14,16-19,26,32H,2-10,15,20-21H2,1H3,(H,31,33)(H,34,35)/t26-/m0/s1. The van der Waals surface area contributed by atoms with Gasteiger partial charge in [-0.1, -0.05) is 49.9 Å². The molecule has 0 aliphatic heterocycles. The van der Waals surface area contributed by atoms with Crippen LogP contribution < -0.4 is 10.1 Å². The normalized spacial score (nSPS) is 11.4. The first-order chi connectivity index (χ1) is 18.8. The third-order valence-corrected chi connectivity index (χ3v) is 6.10. The highest BCUT2D eigenvalue weighted by molar-refractivity contribution is 5.84. The predicted octanol–water partition coefficient (Wildman–Crippen LogP) is 4.73. The van der Waals surface area contributed by atoms with E-state index in [0.29, 0.717) is 25.0 Å². The maximum Gasteiger partial charge on any atom is 0.328 e. The summed E-state index contributed by atoms with van der Waals surface area (Å²) in [7, 11) is 0. The molecule has 0 aliphatic rings. The van der Waals surface area contributed by atoms with E-state index in [9.17, 15) is 24.3 Å². The molecule has 9 nitrogen and oxygen atoms in total. The van der Waals surface area contributed by atoms with E-state index < -0.39 is 18.0 Å². The number of amides is 1. The van der Waals surface area contributed by atoms with Crippen LogP contribution in [0.25, 0.3) is 0 Å². The van der Waals surface area contributed by atoms with Crippen LogP contribution in [0.4, 0.5) is 0 Å². The fourth-order valence-corrected chi connectivity index (χ4v) is 3.99. The Morgan fingerprint density at radius 1 is 0.795 bits per heavy atom. The van der Waals surface area contributed by atoms with Crippen molar-refractivity contribution in [1.82, 2.24) is 5.32 Å². The zero-order chi connectivity index (χ0) is 28.5. The fraction of sp³-hybridized carbons (Fsp3) is 0.467. The summed E-state index contributed by atoms with van der Waals surface area (Å²) in [6, 6.07) is 12.6. The van der Waals surface area contributed by atoms with E-state index in [1.165, 1.54) is 12.1 Å². The van der Waals surface area contributed by atoms with Gasteiger partial charge in [-0.3, -0.25) is 14.4 Å². The molecule has 212 valence electrons. The first kappa shape index (κ1) is 31.3. The second-order valence-corrected chi connectivity index (χ2v) is 9.38. The van der Waals surface area contributed by atoms with Gasteiger partial charge in [0.05, 0.1) is 6.61 Å². The van der Waals surface area contributed by atoms with Crippen molar-refractivity contribution in [2.24, 2.45) is 0 Å². The maximum atomic E-state index is 12.6. The smallest absolute Gasteiger partial charge is 0.328 e. The van der Waals surface area contributed by atoms with Crippen molar-refractivity contribution in [3.05, 3.63) is 59.7 Å². The Labute approximate surface area is 229 Å². The number of esters is 2. The van der Waals surface area contributed by atoms with Gasteiger partial charge in [0, 0.05) is 25.7 Å². The van der Waals surface area contributed by atoms with E-state index >= 15 is 0 Å². The van der Waals surface area contributed by atoms with Gasteiger partial charge in [0.1, 0.15) is 17.5 Å². The predicted molar refractivity (Wildman–Crippen MR) is 145 cm³/mol. The number of aryl methyl sites for hydroxylation is 1. The average Bonchev–Trinajstić information content (AvgIpc) is 2.90. The molecule has 1 amide bonds. The number of aromatic hydroxyl groups is 1. The number of nitrogens with one attached hydrogen (secondary N) is 1.